The molecule has 3 aromatic carbocycles. The van der Waals surface area contributed by atoms with Crippen molar-refractivity contribution in [2.45, 2.75) is 51.8 Å². The van der Waals surface area contributed by atoms with E-state index in [-0.39, 0.29) is 41.3 Å². The number of carbonyl (C=O) groups excluding carboxylic acids is 3. The minimum absolute atomic E-state index is 0.102. The lowest BCUT2D eigenvalue weighted by Gasteiger charge is -2.38. The van der Waals surface area contributed by atoms with Crippen molar-refractivity contribution >= 4 is 41.3 Å². The van der Waals surface area contributed by atoms with E-state index in [0.717, 1.165) is 5.56 Å². The number of ether oxygens (including phenoxy) is 1. The number of nitrogens with one attached hydrogen (secondary N) is 1. The maximum atomic E-state index is 14.3. The molecule has 0 aliphatic carbocycles. The molecule has 0 aromatic heterocycles. The van der Waals surface area contributed by atoms with Crippen molar-refractivity contribution in [1.29, 1.82) is 0 Å². The molecule has 2 amide bonds. The summed E-state index contributed by atoms with van der Waals surface area (Å²) in [5.74, 6) is -0.813. The van der Waals surface area contributed by atoms with Crippen molar-refractivity contribution in [3.05, 3.63) is 127 Å². The number of ketones is 1. The number of nitrogens with zero attached hydrogens (tertiary/aromatic N) is 3. The molecule has 1 N–H and O–H groups in total. The van der Waals surface area contributed by atoms with Crippen LogP contribution in [-0.2, 0) is 20.7 Å². The van der Waals surface area contributed by atoms with E-state index in [0.29, 0.717) is 11.1 Å². The van der Waals surface area contributed by atoms with Crippen LogP contribution < -0.4 is 5.32 Å². The highest BCUT2D eigenvalue weighted by molar-refractivity contribution is 6.16. The highest BCUT2D eigenvalue weighted by atomic mass is 16.6. The Bertz CT molecular complexity index is 1690. The number of likely N-dealkylation sites (tertiary alicyclic amines) is 1. The second kappa shape index (κ2) is 14.0. The molecular weight excluding hydrogens is 592 g/mol. The van der Waals surface area contributed by atoms with Crippen molar-refractivity contribution in [3.63, 3.8) is 0 Å². The number of carbonyl (C=O) groups is 3. The second-order valence-electron chi connectivity index (χ2n) is 11.8. The van der Waals surface area contributed by atoms with Crippen LogP contribution in [0.5, 0.6) is 0 Å². The maximum absolute atomic E-state index is 14.3. The van der Waals surface area contributed by atoms with Gasteiger partial charge in [0.2, 0.25) is 5.91 Å². The van der Waals surface area contributed by atoms with Crippen LogP contribution >= 0.6 is 0 Å². The largest absolute Gasteiger partial charge is 0.444 e. The van der Waals surface area contributed by atoms with Gasteiger partial charge in [-0.15, -0.1) is 0 Å². The van der Waals surface area contributed by atoms with Crippen LogP contribution in [0.15, 0.2) is 90.0 Å². The lowest BCUT2D eigenvalue weighted by molar-refractivity contribution is -0.385. The molecule has 0 saturated carbocycles. The van der Waals surface area contributed by atoms with Gasteiger partial charge in [-0.05, 0) is 80.8 Å². The van der Waals surface area contributed by atoms with E-state index in [1.807, 2.05) is 30.3 Å². The number of Topliss-reactive ketones (excluding diaryl/α,β-unsaturated/α-hetero) is 1. The van der Waals surface area contributed by atoms with E-state index in [4.69, 9.17) is 4.74 Å². The van der Waals surface area contributed by atoms with Gasteiger partial charge in [0.15, 0.2) is 5.78 Å². The predicted molar refractivity (Wildman–Crippen MR) is 172 cm³/mol. The summed E-state index contributed by atoms with van der Waals surface area (Å²) in [6, 6.07) is 18.7. The number of nitro benzene ring substituents is 2. The third-order valence-electron chi connectivity index (χ3n) is 7.24. The Morgan fingerprint density at radius 1 is 0.913 bits per heavy atom. The SMILES string of the molecule is C[C@H]1/C(=C\c2ccc([N+](=O)[O-])cc2)C(=O)/C(=C/c2ccc([N+](=O)[O-])cc2)CN1C(=O)[C@H](Cc1ccccc1)NC(=O)OC(C)(C)C. The molecule has 0 spiro atoms. The zero-order valence-corrected chi connectivity index (χ0v) is 25.8. The van der Waals surface area contributed by atoms with Crippen LogP contribution in [-0.4, -0.2) is 56.8 Å². The Morgan fingerprint density at radius 3 is 1.93 bits per heavy atom. The van der Waals surface area contributed by atoms with Crippen LogP contribution in [0, 0.1) is 20.2 Å². The van der Waals surface area contributed by atoms with Gasteiger partial charge in [-0.25, -0.2) is 4.79 Å². The number of piperidine rings is 1. The summed E-state index contributed by atoms with van der Waals surface area (Å²) in [4.78, 5) is 63.8. The van der Waals surface area contributed by atoms with Gasteiger partial charge in [0.1, 0.15) is 11.6 Å². The number of hydrogen-bond acceptors (Lipinski definition) is 8. The quantitative estimate of drug-likeness (QED) is 0.183. The number of hydrogen-bond donors (Lipinski definition) is 1. The van der Waals surface area contributed by atoms with E-state index < -0.39 is 39.5 Å². The van der Waals surface area contributed by atoms with Gasteiger partial charge in [0.25, 0.3) is 11.4 Å². The van der Waals surface area contributed by atoms with Crippen molar-refractivity contribution in [2.75, 3.05) is 6.54 Å². The molecule has 238 valence electrons. The summed E-state index contributed by atoms with van der Waals surface area (Å²) in [5, 5.41) is 25.0. The number of alkyl carbamates (subject to hydrolysis) is 1. The van der Waals surface area contributed by atoms with Gasteiger partial charge in [0, 0.05) is 41.8 Å². The first-order valence-electron chi connectivity index (χ1n) is 14.5. The van der Waals surface area contributed by atoms with Crippen LogP contribution in [0.4, 0.5) is 16.2 Å². The summed E-state index contributed by atoms with van der Waals surface area (Å²) in [6.07, 6.45) is 2.52. The predicted octanol–water partition coefficient (Wildman–Crippen LogP) is 5.91. The summed E-state index contributed by atoms with van der Waals surface area (Å²) < 4.78 is 5.45. The van der Waals surface area contributed by atoms with E-state index >= 15 is 0 Å². The third kappa shape index (κ3) is 8.50. The van der Waals surface area contributed by atoms with Crippen molar-refractivity contribution in [2.24, 2.45) is 0 Å². The van der Waals surface area contributed by atoms with E-state index in [1.165, 1.54) is 53.4 Å². The number of amides is 2. The smallest absolute Gasteiger partial charge is 0.408 e. The highest BCUT2D eigenvalue weighted by Crippen LogP contribution is 2.29. The molecule has 0 bridgehead atoms. The van der Waals surface area contributed by atoms with Gasteiger partial charge in [-0.1, -0.05) is 30.3 Å². The van der Waals surface area contributed by atoms with Crippen LogP contribution in [0.3, 0.4) is 0 Å². The molecule has 46 heavy (non-hydrogen) atoms. The van der Waals surface area contributed by atoms with Crippen molar-refractivity contribution in [3.8, 4) is 0 Å². The Kier molecular flexibility index (Phi) is 10.1. The van der Waals surface area contributed by atoms with Gasteiger partial charge in [-0.3, -0.25) is 29.8 Å². The first-order chi connectivity index (χ1) is 21.7. The molecule has 1 saturated heterocycles. The standard InChI is InChI=1S/C34H34N4O8/c1-22-29(19-25-12-16-28(17-13-25)38(44)45)31(39)26(18-24-10-14-27(15-11-24)37(42)43)21-36(22)32(40)30(20-23-8-6-5-7-9-23)35-33(41)46-34(2,3)4/h5-19,22,30H,20-21H2,1-4H3,(H,35,41)/b26-18+,29-19+/t22-,30-/m0/s1. The summed E-state index contributed by atoms with van der Waals surface area (Å²) in [7, 11) is 0. The molecule has 3 aromatic rings. The fraction of sp³-hybridized carbons (Fsp3) is 0.265. The van der Waals surface area contributed by atoms with Gasteiger partial charge >= 0.3 is 6.09 Å². The lowest BCUT2D eigenvalue weighted by Crippen LogP contribution is -2.56. The zero-order valence-electron chi connectivity index (χ0n) is 25.8. The van der Waals surface area contributed by atoms with E-state index in [1.54, 1.807) is 39.8 Å². The molecule has 0 unspecified atom stereocenters. The van der Waals surface area contributed by atoms with Gasteiger partial charge < -0.3 is 15.0 Å². The number of non-ortho nitro benzene ring substituents is 2. The summed E-state index contributed by atoms with van der Waals surface area (Å²) >= 11 is 0. The Labute approximate surface area is 265 Å². The first kappa shape index (κ1) is 33.2. The molecule has 1 aliphatic heterocycles. The number of nitro groups is 2. The molecular formula is C34H34N4O8. The van der Waals surface area contributed by atoms with E-state index in [2.05, 4.69) is 5.32 Å². The monoisotopic (exact) mass is 626 g/mol. The molecule has 1 heterocycles. The van der Waals surface area contributed by atoms with Gasteiger partial charge in [-0.2, -0.15) is 0 Å². The van der Waals surface area contributed by atoms with Crippen LogP contribution in [0.2, 0.25) is 0 Å². The zero-order chi connectivity index (χ0) is 33.6. The van der Waals surface area contributed by atoms with Crippen LogP contribution in [0.25, 0.3) is 12.2 Å². The summed E-state index contributed by atoms with van der Waals surface area (Å²) in [6.45, 7) is 6.73. The normalized spacial score (nSPS) is 17.4. The van der Waals surface area contributed by atoms with Gasteiger partial charge in [0.05, 0.1) is 22.4 Å². The molecule has 4 rings (SSSR count). The topological polar surface area (TPSA) is 162 Å². The fourth-order valence-corrected chi connectivity index (χ4v) is 4.97. The molecule has 1 fully saturated rings. The minimum atomic E-state index is -1.05. The number of benzene rings is 3. The maximum Gasteiger partial charge on any atom is 0.408 e. The number of rotatable bonds is 8. The Hall–Kier alpha value is -5.65. The minimum Gasteiger partial charge on any atom is -0.444 e. The van der Waals surface area contributed by atoms with Crippen molar-refractivity contribution < 1.29 is 29.0 Å². The van der Waals surface area contributed by atoms with Crippen LogP contribution in [0.1, 0.15) is 44.4 Å². The second-order valence-corrected chi connectivity index (χ2v) is 11.8. The molecule has 1 aliphatic rings. The lowest BCUT2D eigenvalue weighted by atomic mass is 9.88. The Morgan fingerprint density at radius 2 is 1.43 bits per heavy atom. The van der Waals surface area contributed by atoms with Crippen molar-refractivity contribution in [1.82, 2.24) is 10.2 Å². The summed E-state index contributed by atoms with van der Waals surface area (Å²) in [5.41, 5.74) is 1.27. The third-order valence-corrected chi connectivity index (χ3v) is 7.24. The molecule has 0 radical (unpaired) electrons. The average Bonchev–Trinajstić information content (AvgIpc) is 3.00. The average molecular weight is 627 g/mol. The highest BCUT2D eigenvalue weighted by Gasteiger charge is 2.38. The molecule has 12 heteroatoms. The first-order valence-corrected chi connectivity index (χ1v) is 14.5. The molecule has 2 atom stereocenters. The van der Waals surface area contributed by atoms with E-state index in [9.17, 15) is 34.6 Å². The Balaban J connectivity index is 1.76. The molecule has 12 nitrogen and oxygen atoms in total. The fourth-order valence-electron chi connectivity index (χ4n) is 4.97.